The second kappa shape index (κ2) is 4.83. The van der Waals surface area contributed by atoms with E-state index < -0.39 is 23.1 Å². The van der Waals surface area contributed by atoms with E-state index in [2.05, 4.69) is 18.1 Å². The van der Waals surface area contributed by atoms with Gasteiger partial charge in [0.15, 0.2) is 11.6 Å². The minimum absolute atomic E-state index is 0.258. The van der Waals surface area contributed by atoms with Gasteiger partial charge in [-0.1, -0.05) is 12.8 Å². The molecule has 17 heavy (non-hydrogen) atoms. The van der Waals surface area contributed by atoms with Gasteiger partial charge in [0.25, 0.3) is 0 Å². The lowest BCUT2D eigenvalue weighted by molar-refractivity contribution is 0.216. The lowest BCUT2D eigenvalue weighted by Crippen LogP contribution is -2.41. The van der Waals surface area contributed by atoms with Gasteiger partial charge in [-0.05, 0) is 32.9 Å². The van der Waals surface area contributed by atoms with E-state index in [0.717, 1.165) is 6.07 Å². The Bertz CT molecular complexity index is 432. The van der Waals surface area contributed by atoms with Crippen LogP contribution in [0.15, 0.2) is 18.2 Å². The van der Waals surface area contributed by atoms with Crippen molar-refractivity contribution in [3.63, 3.8) is 0 Å². The molecule has 0 unspecified atom stereocenters. The van der Waals surface area contributed by atoms with Crippen molar-refractivity contribution in [2.24, 2.45) is 0 Å². The molecule has 0 saturated carbocycles. The molecule has 1 aromatic rings. The number of nitrogens with zero attached hydrogens (tertiary/aromatic N) is 1. The maximum absolute atomic E-state index is 13.0. The quantitative estimate of drug-likeness (QED) is 0.535. The van der Waals surface area contributed by atoms with Gasteiger partial charge in [0.05, 0.1) is 0 Å². The van der Waals surface area contributed by atoms with Crippen LogP contribution >= 0.6 is 12.8 Å². The maximum Gasteiger partial charge on any atom is 0.332 e. The number of phenolic OH excluding ortho intramolecular Hbond substituents is 1. The molecule has 0 radical (unpaired) electrons. The number of halogens is 1. The van der Waals surface area contributed by atoms with Gasteiger partial charge in [0.1, 0.15) is 0 Å². The standard InChI is InChI=1S/C11H15FN2O2S/c1-11(2,3)14(17)10(16)13-7-4-5-9(15)8(12)6-7/h4-6,15,17H,1-3H3,(H,13,16). The monoisotopic (exact) mass is 258 g/mol. The first-order valence-electron chi connectivity index (χ1n) is 5.00. The zero-order valence-electron chi connectivity index (χ0n) is 9.86. The zero-order chi connectivity index (χ0) is 13.2. The minimum Gasteiger partial charge on any atom is -0.505 e. The molecule has 4 nitrogen and oxygen atoms in total. The van der Waals surface area contributed by atoms with Crippen molar-refractivity contribution in [2.45, 2.75) is 26.3 Å². The topological polar surface area (TPSA) is 52.6 Å². The van der Waals surface area contributed by atoms with Crippen LogP contribution in [0.25, 0.3) is 0 Å². The van der Waals surface area contributed by atoms with Crippen LogP contribution in [0.2, 0.25) is 0 Å². The van der Waals surface area contributed by atoms with Gasteiger partial charge < -0.3 is 10.4 Å². The highest BCUT2D eigenvalue weighted by atomic mass is 32.1. The molecule has 6 heteroatoms. The van der Waals surface area contributed by atoms with Gasteiger partial charge in [-0.2, -0.15) is 0 Å². The van der Waals surface area contributed by atoms with Crippen LogP contribution in [0.5, 0.6) is 5.75 Å². The zero-order valence-corrected chi connectivity index (χ0v) is 10.8. The summed E-state index contributed by atoms with van der Waals surface area (Å²) in [6, 6.07) is 3.15. The van der Waals surface area contributed by atoms with E-state index in [-0.39, 0.29) is 5.69 Å². The molecule has 0 aromatic heterocycles. The molecule has 2 amide bonds. The second-order valence-electron chi connectivity index (χ2n) is 4.58. The Morgan fingerprint density at radius 2 is 2.06 bits per heavy atom. The third-order valence-electron chi connectivity index (χ3n) is 2.03. The van der Waals surface area contributed by atoms with Crippen molar-refractivity contribution in [2.75, 3.05) is 5.32 Å². The Morgan fingerprint density at radius 3 is 2.53 bits per heavy atom. The van der Waals surface area contributed by atoms with Gasteiger partial charge in [-0.25, -0.2) is 9.18 Å². The molecule has 94 valence electrons. The van der Waals surface area contributed by atoms with Crippen molar-refractivity contribution < 1.29 is 14.3 Å². The summed E-state index contributed by atoms with van der Waals surface area (Å²) in [5.74, 6) is -1.24. The highest BCUT2D eigenvalue weighted by Crippen LogP contribution is 2.21. The number of carbonyl (C=O) groups excluding carboxylic acids is 1. The number of carbonyl (C=O) groups is 1. The van der Waals surface area contributed by atoms with Crippen molar-refractivity contribution in [3.05, 3.63) is 24.0 Å². The van der Waals surface area contributed by atoms with E-state index in [1.54, 1.807) is 0 Å². The summed E-state index contributed by atoms with van der Waals surface area (Å²) in [4.78, 5) is 11.7. The third kappa shape index (κ3) is 3.52. The highest BCUT2D eigenvalue weighted by molar-refractivity contribution is 7.78. The Hall–Kier alpha value is -1.43. The van der Waals surface area contributed by atoms with Crippen molar-refractivity contribution in [1.82, 2.24) is 4.31 Å². The fraction of sp³-hybridized carbons (Fsp3) is 0.364. The average molecular weight is 258 g/mol. The Morgan fingerprint density at radius 1 is 1.47 bits per heavy atom. The smallest absolute Gasteiger partial charge is 0.332 e. The number of anilines is 1. The summed E-state index contributed by atoms with van der Waals surface area (Å²) in [7, 11) is 0. The van der Waals surface area contributed by atoms with E-state index in [9.17, 15) is 9.18 Å². The Kier molecular flexibility index (Phi) is 3.87. The van der Waals surface area contributed by atoms with Crippen LogP contribution in [0.3, 0.4) is 0 Å². The minimum atomic E-state index is -0.788. The first-order valence-corrected chi connectivity index (χ1v) is 5.40. The molecule has 0 heterocycles. The summed E-state index contributed by atoms with van der Waals surface area (Å²) in [5, 5.41) is 11.5. The van der Waals surface area contributed by atoms with Gasteiger partial charge in [-0.15, -0.1) is 0 Å². The first kappa shape index (κ1) is 13.6. The van der Waals surface area contributed by atoms with Crippen LogP contribution in [-0.2, 0) is 0 Å². The Labute approximate surface area is 105 Å². The normalized spacial score (nSPS) is 11.1. The number of aromatic hydroxyl groups is 1. The average Bonchev–Trinajstić information content (AvgIpc) is 2.21. The Balaban J connectivity index is 2.78. The molecular formula is C11H15FN2O2S. The predicted octanol–water partition coefficient (Wildman–Crippen LogP) is 3.01. The number of rotatable bonds is 1. The van der Waals surface area contributed by atoms with Crippen LogP contribution < -0.4 is 5.32 Å². The number of amides is 2. The summed E-state index contributed by atoms with van der Waals surface area (Å²) in [5.41, 5.74) is -0.198. The fourth-order valence-corrected chi connectivity index (χ4v) is 1.12. The number of thiol groups is 1. The van der Waals surface area contributed by atoms with E-state index in [0.29, 0.717) is 0 Å². The van der Waals surface area contributed by atoms with Gasteiger partial charge in [0.2, 0.25) is 0 Å². The molecular weight excluding hydrogens is 243 g/mol. The van der Waals surface area contributed by atoms with Crippen LogP contribution in [0, 0.1) is 5.82 Å². The molecule has 0 aliphatic rings. The predicted molar refractivity (Wildman–Crippen MR) is 67.7 cm³/mol. The van der Waals surface area contributed by atoms with E-state index in [1.807, 2.05) is 20.8 Å². The second-order valence-corrected chi connectivity index (χ2v) is 4.98. The van der Waals surface area contributed by atoms with Crippen LogP contribution in [-0.4, -0.2) is 21.0 Å². The molecule has 0 saturated heterocycles. The van der Waals surface area contributed by atoms with Gasteiger partial charge in [0, 0.05) is 17.3 Å². The SMILES string of the molecule is CC(C)(C)N(S)C(=O)Nc1ccc(O)c(F)c1. The number of phenols is 1. The number of hydrogen-bond acceptors (Lipinski definition) is 3. The molecule has 0 bridgehead atoms. The highest BCUT2D eigenvalue weighted by Gasteiger charge is 2.23. The third-order valence-corrected chi connectivity index (χ3v) is 2.81. The van der Waals surface area contributed by atoms with Crippen molar-refractivity contribution in [3.8, 4) is 5.75 Å². The molecule has 1 rings (SSSR count). The van der Waals surface area contributed by atoms with Crippen LogP contribution in [0.1, 0.15) is 20.8 Å². The summed E-state index contributed by atoms with van der Waals surface area (Å²) >= 11 is 4.06. The van der Waals surface area contributed by atoms with Crippen molar-refractivity contribution >= 4 is 24.5 Å². The largest absolute Gasteiger partial charge is 0.505 e. The fourth-order valence-electron chi connectivity index (χ4n) is 1.07. The number of hydrogen-bond donors (Lipinski definition) is 3. The number of benzene rings is 1. The number of urea groups is 1. The maximum atomic E-state index is 13.0. The lowest BCUT2D eigenvalue weighted by atomic mass is 10.1. The van der Waals surface area contributed by atoms with E-state index >= 15 is 0 Å². The lowest BCUT2D eigenvalue weighted by Gasteiger charge is -2.30. The van der Waals surface area contributed by atoms with Crippen molar-refractivity contribution in [1.29, 1.82) is 0 Å². The molecule has 2 N–H and O–H groups in total. The molecule has 0 atom stereocenters. The molecule has 0 fully saturated rings. The van der Waals surface area contributed by atoms with Gasteiger partial charge in [-0.3, -0.25) is 4.31 Å². The van der Waals surface area contributed by atoms with E-state index in [4.69, 9.17) is 5.11 Å². The first-order chi connectivity index (χ1) is 7.71. The van der Waals surface area contributed by atoms with E-state index in [1.165, 1.54) is 16.4 Å². The molecule has 0 aliphatic carbocycles. The number of nitrogens with one attached hydrogen (secondary N) is 1. The molecule has 0 aliphatic heterocycles. The summed E-state index contributed by atoms with van der Waals surface area (Å²) in [6.07, 6.45) is 0. The summed E-state index contributed by atoms with van der Waals surface area (Å²) < 4.78 is 14.2. The van der Waals surface area contributed by atoms with Gasteiger partial charge >= 0.3 is 6.03 Å². The molecule has 0 spiro atoms. The van der Waals surface area contributed by atoms with Crippen LogP contribution in [0.4, 0.5) is 14.9 Å². The summed E-state index contributed by atoms with van der Waals surface area (Å²) in [6.45, 7) is 5.45. The molecule has 1 aromatic carbocycles.